The molecule has 2 aromatic heterocycles. The zero-order chi connectivity index (χ0) is 21.0. The molecule has 0 N–H and O–H groups in total. The fourth-order valence-corrected chi connectivity index (χ4v) is 3.77. The number of methoxy groups -OCH3 is 1. The van der Waals surface area contributed by atoms with Crippen LogP contribution in [0.5, 0.6) is 5.75 Å². The molecule has 1 aliphatic rings. The SMILES string of the molecule is COc1ccc2c(=O)c3c(oc2c1)C(=O)N(c1cc(C)on1)[C@@H]3c1ccccc1F. The van der Waals surface area contributed by atoms with Crippen molar-refractivity contribution < 1.29 is 22.9 Å². The highest BCUT2D eigenvalue weighted by Crippen LogP contribution is 2.41. The zero-order valence-electron chi connectivity index (χ0n) is 16.0. The summed E-state index contributed by atoms with van der Waals surface area (Å²) in [6, 6.07) is 11.2. The van der Waals surface area contributed by atoms with E-state index in [0.29, 0.717) is 11.5 Å². The maximum Gasteiger partial charge on any atom is 0.296 e. The number of ether oxygens (including phenoxy) is 1. The Labute approximate surface area is 169 Å². The van der Waals surface area contributed by atoms with E-state index < -0.39 is 23.2 Å². The smallest absolute Gasteiger partial charge is 0.296 e. The van der Waals surface area contributed by atoms with Crippen molar-refractivity contribution in [2.75, 3.05) is 12.0 Å². The number of benzene rings is 2. The molecule has 2 aromatic carbocycles. The molecule has 0 radical (unpaired) electrons. The Morgan fingerprint density at radius 3 is 2.63 bits per heavy atom. The minimum Gasteiger partial charge on any atom is -0.497 e. The molecular formula is C22H15FN2O5. The minimum absolute atomic E-state index is 0.0587. The van der Waals surface area contributed by atoms with E-state index in [9.17, 15) is 14.0 Å². The average Bonchev–Trinajstić information content (AvgIpc) is 3.29. The quantitative estimate of drug-likeness (QED) is 0.511. The number of anilines is 1. The molecule has 0 spiro atoms. The lowest BCUT2D eigenvalue weighted by atomic mass is 9.98. The fourth-order valence-electron chi connectivity index (χ4n) is 3.77. The van der Waals surface area contributed by atoms with Gasteiger partial charge in [0.2, 0.25) is 5.76 Å². The number of rotatable bonds is 3. The van der Waals surface area contributed by atoms with Crippen LogP contribution in [0.4, 0.5) is 10.2 Å². The summed E-state index contributed by atoms with van der Waals surface area (Å²) in [6.45, 7) is 1.67. The van der Waals surface area contributed by atoms with Gasteiger partial charge in [0.25, 0.3) is 5.91 Å². The monoisotopic (exact) mass is 406 g/mol. The van der Waals surface area contributed by atoms with E-state index in [1.807, 2.05) is 0 Å². The van der Waals surface area contributed by atoms with Crippen LogP contribution in [-0.4, -0.2) is 18.2 Å². The van der Waals surface area contributed by atoms with Crippen molar-refractivity contribution in [3.05, 3.63) is 87.2 Å². The van der Waals surface area contributed by atoms with E-state index in [0.717, 1.165) is 0 Å². The van der Waals surface area contributed by atoms with Crippen molar-refractivity contribution in [2.24, 2.45) is 0 Å². The summed E-state index contributed by atoms with van der Waals surface area (Å²) in [5.41, 5.74) is 0.00368. The number of carbonyl (C=O) groups excluding carboxylic acids is 1. The standard InChI is InChI=1S/C22H15FN2O5/c1-11-9-17(24-30-11)25-19(13-5-3-4-6-15(13)23)18-20(26)14-8-7-12(28-2)10-16(14)29-21(18)22(25)27/h3-10,19H,1-2H3/t19-/m1/s1. The highest BCUT2D eigenvalue weighted by Gasteiger charge is 2.45. The molecule has 1 amide bonds. The molecular weight excluding hydrogens is 391 g/mol. The van der Waals surface area contributed by atoms with Gasteiger partial charge in [-0.1, -0.05) is 23.4 Å². The molecule has 1 atom stereocenters. The largest absolute Gasteiger partial charge is 0.497 e. The summed E-state index contributed by atoms with van der Waals surface area (Å²) in [5, 5.41) is 4.17. The summed E-state index contributed by atoms with van der Waals surface area (Å²) in [5.74, 6) is -0.204. The van der Waals surface area contributed by atoms with Crippen molar-refractivity contribution in [2.45, 2.75) is 13.0 Å². The van der Waals surface area contributed by atoms with E-state index in [2.05, 4.69) is 5.16 Å². The molecule has 30 heavy (non-hydrogen) atoms. The molecule has 0 aliphatic carbocycles. The van der Waals surface area contributed by atoms with E-state index in [4.69, 9.17) is 13.7 Å². The molecule has 4 aromatic rings. The molecule has 5 rings (SSSR count). The Morgan fingerprint density at radius 1 is 1.13 bits per heavy atom. The van der Waals surface area contributed by atoms with Crippen molar-refractivity contribution in [3.63, 3.8) is 0 Å². The third-order valence-electron chi connectivity index (χ3n) is 5.14. The topological polar surface area (TPSA) is 85.8 Å². The van der Waals surface area contributed by atoms with Gasteiger partial charge in [0.15, 0.2) is 11.2 Å². The van der Waals surface area contributed by atoms with E-state index in [1.54, 1.807) is 31.2 Å². The van der Waals surface area contributed by atoms with Crippen LogP contribution < -0.4 is 15.1 Å². The van der Waals surface area contributed by atoms with Gasteiger partial charge in [-0.05, 0) is 25.1 Å². The van der Waals surface area contributed by atoms with Gasteiger partial charge in [-0.2, -0.15) is 0 Å². The van der Waals surface area contributed by atoms with Gasteiger partial charge >= 0.3 is 0 Å². The second kappa shape index (κ2) is 6.55. The first-order chi connectivity index (χ1) is 14.5. The molecule has 7 nitrogen and oxygen atoms in total. The third kappa shape index (κ3) is 2.53. The number of hydrogen-bond donors (Lipinski definition) is 0. The third-order valence-corrected chi connectivity index (χ3v) is 5.14. The van der Waals surface area contributed by atoms with Gasteiger partial charge < -0.3 is 13.7 Å². The number of aromatic nitrogens is 1. The summed E-state index contributed by atoms with van der Waals surface area (Å²) in [4.78, 5) is 27.9. The molecule has 150 valence electrons. The number of amides is 1. The minimum atomic E-state index is -1.04. The fraction of sp³-hybridized carbons (Fsp3) is 0.136. The zero-order valence-corrected chi connectivity index (χ0v) is 16.0. The lowest BCUT2D eigenvalue weighted by Crippen LogP contribution is -2.30. The summed E-state index contributed by atoms with van der Waals surface area (Å²) in [6.07, 6.45) is 0. The Morgan fingerprint density at radius 2 is 1.93 bits per heavy atom. The first-order valence-electron chi connectivity index (χ1n) is 9.15. The number of hydrogen-bond acceptors (Lipinski definition) is 6. The Bertz CT molecular complexity index is 1370. The van der Waals surface area contributed by atoms with Crippen molar-refractivity contribution in [1.29, 1.82) is 0 Å². The molecule has 0 unspecified atom stereocenters. The van der Waals surface area contributed by atoms with Gasteiger partial charge in [-0.15, -0.1) is 0 Å². The maximum absolute atomic E-state index is 14.8. The van der Waals surface area contributed by atoms with Crippen LogP contribution in [0.25, 0.3) is 11.0 Å². The normalized spacial score (nSPS) is 15.6. The van der Waals surface area contributed by atoms with E-state index in [1.165, 1.54) is 36.3 Å². The summed E-state index contributed by atoms with van der Waals surface area (Å²) < 4.78 is 30.9. The molecule has 0 saturated carbocycles. The average molecular weight is 406 g/mol. The second-order valence-electron chi connectivity index (χ2n) is 6.93. The van der Waals surface area contributed by atoms with Crippen molar-refractivity contribution in [1.82, 2.24) is 5.16 Å². The number of fused-ring (bicyclic) bond motifs is 2. The Balaban J connectivity index is 1.83. The van der Waals surface area contributed by atoms with Crippen molar-refractivity contribution in [3.8, 4) is 5.75 Å². The number of halogens is 1. The predicted molar refractivity (Wildman–Crippen MR) is 105 cm³/mol. The van der Waals surface area contributed by atoms with Gasteiger partial charge in [0, 0.05) is 17.7 Å². The second-order valence-corrected chi connectivity index (χ2v) is 6.93. The first-order valence-corrected chi connectivity index (χ1v) is 9.15. The highest BCUT2D eigenvalue weighted by molar-refractivity contribution is 6.10. The highest BCUT2D eigenvalue weighted by atomic mass is 19.1. The number of nitrogens with zero attached hydrogens (tertiary/aromatic N) is 2. The predicted octanol–water partition coefficient (Wildman–Crippen LogP) is 3.99. The van der Waals surface area contributed by atoms with Gasteiger partial charge in [-0.3, -0.25) is 14.5 Å². The van der Waals surface area contributed by atoms with E-state index >= 15 is 0 Å². The lowest BCUT2D eigenvalue weighted by molar-refractivity contribution is 0.0969. The first kappa shape index (κ1) is 18.1. The molecule has 0 bridgehead atoms. The van der Waals surface area contributed by atoms with Gasteiger partial charge in [0.05, 0.1) is 24.1 Å². The van der Waals surface area contributed by atoms with E-state index in [-0.39, 0.29) is 33.7 Å². The number of carbonyl (C=O) groups is 1. The van der Waals surface area contributed by atoms with Gasteiger partial charge in [0.1, 0.15) is 22.9 Å². The summed E-state index contributed by atoms with van der Waals surface area (Å²) in [7, 11) is 1.49. The number of aryl methyl sites for hydroxylation is 1. The maximum atomic E-state index is 14.8. The molecule has 0 saturated heterocycles. The van der Waals surface area contributed by atoms with Crippen LogP contribution in [0.3, 0.4) is 0 Å². The van der Waals surface area contributed by atoms with Crippen molar-refractivity contribution >= 4 is 22.7 Å². The molecule has 3 heterocycles. The Kier molecular flexibility index (Phi) is 3.95. The summed E-state index contributed by atoms with van der Waals surface area (Å²) >= 11 is 0. The van der Waals surface area contributed by atoms with Crippen LogP contribution in [-0.2, 0) is 0 Å². The molecule has 0 fully saturated rings. The Hall–Kier alpha value is -3.94. The van der Waals surface area contributed by atoms with Crippen LogP contribution in [0, 0.1) is 12.7 Å². The lowest BCUT2D eigenvalue weighted by Gasteiger charge is -2.22. The molecule has 8 heteroatoms. The van der Waals surface area contributed by atoms with Crippen LogP contribution >= 0.6 is 0 Å². The van der Waals surface area contributed by atoms with Crippen LogP contribution in [0.15, 0.2) is 62.3 Å². The molecule has 1 aliphatic heterocycles. The van der Waals surface area contributed by atoms with Crippen LogP contribution in [0.1, 0.15) is 33.5 Å². The van der Waals surface area contributed by atoms with Crippen LogP contribution in [0.2, 0.25) is 0 Å². The van der Waals surface area contributed by atoms with Gasteiger partial charge in [-0.25, -0.2) is 4.39 Å².